The van der Waals surface area contributed by atoms with E-state index < -0.39 is 0 Å². The molecule has 0 unspecified atom stereocenters. The van der Waals surface area contributed by atoms with Crippen LogP contribution in [0.1, 0.15) is 44.2 Å². The first-order valence-electron chi connectivity index (χ1n) is 7.01. The third-order valence-electron chi connectivity index (χ3n) is 4.08. The van der Waals surface area contributed by atoms with Crippen molar-refractivity contribution in [3.8, 4) is 0 Å². The summed E-state index contributed by atoms with van der Waals surface area (Å²) in [7, 11) is 0. The van der Waals surface area contributed by atoms with Gasteiger partial charge in [-0.3, -0.25) is 9.59 Å². The molecule has 0 saturated carbocycles. The van der Waals surface area contributed by atoms with E-state index in [2.05, 4.69) is 0 Å². The Morgan fingerprint density at radius 2 is 1.86 bits per heavy atom. The topological polar surface area (TPSA) is 50.5 Å². The first-order valence-corrected chi connectivity index (χ1v) is 7.01. The quantitative estimate of drug-likeness (QED) is 0.805. The summed E-state index contributed by atoms with van der Waals surface area (Å²) in [5, 5.41) is 0. The van der Waals surface area contributed by atoms with Gasteiger partial charge in [0, 0.05) is 24.1 Å². The molecule has 1 aliphatic heterocycles. The number of hydrogen-bond donors (Lipinski definition) is 0. The van der Waals surface area contributed by atoms with Crippen LogP contribution in [-0.4, -0.2) is 18.2 Å². The van der Waals surface area contributed by atoms with Crippen LogP contribution in [0.5, 0.6) is 0 Å². The molecule has 4 heteroatoms. The number of hydrogen-bond acceptors (Lipinski definition) is 3. The highest BCUT2D eigenvalue weighted by Gasteiger charge is 2.30. The van der Waals surface area contributed by atoms with Crippen molar-refractivity contribution in [1.29, 1.82) is 0 Å². The highest BCUT2D eigenvalue weighted by molar-refractivity contribution is 6.14. The van der Waals surface area contributed by atoms with E-state index in [1.807, 2.05) is 32.0 Å². The summed E-state index contributed by atoms with van der Waals surface area (Å²) in [5.41, 5.74) is 2.78. The van der Waals surface area contributed by atoms with Crippen LogP contribution in [0.3, 0.4) is 0 Å². The van der Waals surface area contributed by atoms with E-state index in [0.717, 1.165) is 11.3 Å². The second-order valence-corrected chi connectivity index (χ2v) is 5.36. The second kappa shape index (κ2) is 4.88. The maximum atomic E-state index is 12.9. The van der Waals surface area contributed by atoms with Gasteiger partial charge in [-0.2, -0.15) is 0 Å². The van der Waals surface area contributed by atoms with Gasteiger partial charge >= 0.3 is 0 Å². The normalized spacial score (nSPS) is 14.2. The molecule has 0 fully saturated rings. The van der Waals surface area contributed by atoms with Crippen molar-refractivity contribution in [3.05, 3.63) is 52.5 Å². The molecule has 0 saturated heterocycles. The average Bonchev–Trinajstić information content (AvgIpc) is 2.72. The third kappa shape index (κ3) is 2.07. The number of benzene rings is 1. The Labute approximate surface area is 123 Å². The van der Waals surface area contributed by atoms with Crippen molar-refractivity contribution >= 4 is 17.4 Å². The molecule has 0 bridgehead atoms. The molecule has 1 aliphatic rings. The van der Waals surface area contributed by atoms with Crippen LogP contribution < -0.4 is 4.90 Å². The Morgan fingerprint density at radius 3 is 2.52 bits per heavy atom. The predicted octanol–water partition coefficient (Wildman–Crippen LogP) is 3.44. The van der Waals surface area contributed by atoms with Gasteiger partial charge in [-0.15, -0.1) is 0 Å². The smallest absolute Gasteiger partial charge is 0.262 e. The first kappa shape index (κ1) is 13.6. The Bertz CT molecular complexity index is 742. The van der Waals surface area contributed by atoms with Crippen molar-refractivity contribution in [3.63, 3.8) is 0 Å². The summed E-state index contributed by atoms with van der Waals surface area (Å²) >= 11 is 0. The number of nitrogens with zero attached hydrogens (tertiary/aromatic N) is 1. The van der Waals surface area contributed by atoms with Crippen LogP contribution in [0, 0.1) is 20.8 Å². The minimum atomic E-state index is -0.0956. The molecule has 108 valence electrons. The van der Waals surface area contributed by atoms with Crippen molar-refractivity contribution < 1.29 is 14.0 Å². The van der Waals surface area contributed by atoms with Gasteiger partial charge in [0.15, 0.2) is 5.78 Å². The number of amides is 1. The Morgan fingerprint density at radius 1 is 1.14 bits per heavy atom. The van der Waals surface area contributed by atoms with Gasteiger partial charge < -0.3 is 9.32 Å². The lowest BCUT2D eigenvalue weighted by atomic mass is 9.99. The summed E-state index contributed by atoms with van der Waals surface area (Å²) in [6.07, 6.45) is 0.359. The van der Waals surface area contributed by atoms with Gasteiger partial charge in [0.05, 0.1) is 11.3 Å². The largest absolute Gasteiger partial charge is 0.466 e. The van der Waals surface area contributed by atoms with E-state index in [-0.39, 0.29) is 11.7 Å². The number of rotatable bonds is 1. The molecular formula is C17H17NO3. The molecule has 2 aromatic rings. The summed E-state index contributed by atoms with van der Waals surface area (Å²) in [5.74, 6) is 1.38. The van der Waals surface area contributed by atoms with Crippen LogP contribution in [0.15, 0.2) is 28.7 Å². The standard InChI is InChI=1S/C17H17NO3/c1-10-11(2)21-12(3)16(10)17(20)18-9-8-15(19)13-6-4-5-7-14(13)18/h4-7H,8-9H2,1-3H3. The van der Waals surface area contributed by atoms with E-state index in [0.29, 0.717) is 35.5 Å². The third-order valence-corrected chi connectivity index (χ3v) is 4.08. The maximum Gasteiger partial charge on any atom is 0.262 e. The number of ketones is 1. The zero-order valence-corrected chi connectivity index (χ0v) is 12.4. The highest BCUT2D eigenvalue weighted by atomic mass is 16.3. The van der Waals surface area contributed by atoms with Crippen LogP contribution in [0.2, 0.25) is 0 Å². The van der Waals surface area contributed by atoms with E-state index in [9.17, 15) is 9.59 Å². The summed E-state index contributed by atoms with van der Waals surface area (Å²) in [4.78, 5) is 26.5. The number of anilines is 1. The summed E-state index contributed by atoms with van der Waals surface area (Å²) in [6, 6.07) is 7.26. The van der Waals surface area contributed by atoms with Gasteiger partial charge in [0.2, 0.25) is 0 Å². The van der Waals surface area contributed by atoms with Gasteiger partial charge in [-0.1, -0.05) is 12.1 Å². The highest BCUT2D eigenvalue weighted by Crippen LogP contribution is 2.30. The molecule has 0 radical (unpaired) electrons. The average molecular weight is 283 g/mol. The molecule has 1 aromatic heterocycles. The molecule has 2 heterocycles. The van der Waals surface area contributed by atoms with E-state index in [1.165, 1.54) is 0 Å². The minimum absolute atomic E-state index is 0.0893. The SMILES string of the molecule is Cc1oc(C)c(C(=O)N2CCC(=O)c3ccccc32)c1C. The molecule has 0 spiro atoms. The van der Waals surface area contributed by atoms with Gasteiger partial charge in [-0.25, -0.2) is 0 Å². The number of carbonyl (C=O) groups is 2. The van der Waals surface area contributed by atoms with Crippen molar-refractivity contribution in [1.82, 2.24) is 0 Å². The number of fused-ring (bicyclic) bond motifs is 1. The Balaban J connectivity index is 2.07. The van der Waals surface area contributed by atoms with Crippen molar-refractivity contribution in [2.45, 2.75) is 27.2 Å². The molecule has 21 heavy (non-hydrogen) atoms. The maximum absolute atomic E-state index is 12.9. The van der Waals surface area contributed by atoms with Gasteiger partial charge in [0.1, 0.15) is 11.5 Å². The van der Waals surface area contributed by atoms with Crippen LogP contribution in [0.4, 0.5) is 5.69 Å². The summed E-state index contributed by atoms with van der Waals surface area (Å²) in [6.45, 7) is 5.96. The predicted molar refractivity (Wildman–Crippen MR) is 80.0 cm³/mol. The van der Waals surface area contributed by atoms with Crippen LogP contribution >= 0.6 is 0 Å². The van der Waals surface area contributed by atoms with E-state index in [4.69, 9.17) is 4.42 Å². The van der Waals surface area contributed by atoms with Crippen LogP contribution in [-0.2, 0) is 0 Å². The molecule has 1 aromatic carbocycles. The number of furan rings is 1. The van der Waals surface area contributed by atoms with Gasteiger partial charge in [0.25, 0.3) is 5.91 Å². The number of carbonyl (C=O) groups excluding carboxylic acids is 2. The zero-order valence-electron chi connectivity index (χ0n) is 12.4. The lowest BCUT2D eigenvalue weighted by molar-refractivity contribution is 0.0954. The molecule has 3 rings (SSSR count). The lowest BCUT2D eigenvalue weighted by Crippen LogP contribution is -2.37. The molecule has 4 nitrogen and oxygen atoms in total. The number of Topliss-reactive ketones (excluding diaryl/α,β-unsaturated/α-hetero) is 1. The molecular weight excluding hydrogens is 266 g/mol. The summed E-state index contributed by atoms with van der Waals surface area (Å²) < 4.78 is 5.55. The van der Waals surface area contributed by atoms with Crippen molar-refractivity contribution in [2.24, 2.45) is 0 Å². The monoisotopic (exact) mass is 283 g/mol. The Hall–Kier alpha value is -2.36. The van der Waals surface area contributed by atoms with Crippen LogP contribution in [0.25, 0.3) is 0 Å². The second-order valence-electron chi connectivity index (χ2n) is 5.36. The fourth-order valence-electron chi connectivity index (χ4n) is 2.87. The van der Waals surface area contributed by atoms with Gasteiger partial charge in [-0.05, 0) is 32.9 Å². The fourth-order valence-corrected chi connectivity index (χ4v) is 2.87. The van der Waals surface area contributed by atoms with Crippen molar-refractivity contribution in [2.75, 3.05) is 11.4 Å². The molecule has 1 amide bonds. The van der Waals surface area contributed by atoms with E-state index >= 15 is 0 Å². The molecule has 0 N–H and O–H groups in total. The van der Waals surface area contributed by atoms with E-state index in [1.54, 1.807) is 17.9 Å². The fraction of sp³-hybridized carbons (Fsp3) is 0.294. The Kier molecular flexibility index (Phi) is 3.16. The minimum Gasteiger partial charge on any atom is -0.466 e. The molecule has 0 aliphatic carbocycles. The molecule has 0 atom stereocenters. The first-order chi connectivity index (χ1) is 10.0. The lowest BCUT2D eigenvalue weighted by Gasteiger charge is -2.28. The number of aryl methyl sites for hydroxylation is 2. The number of para-hydroxylation sites is 1. The zero-order chi connectivity index (χ0) is 15.1.